The summed E-state index contributed by atoms with van der Waals surface area (Å²) in [7, 11) is -5.59. The van der Waals surface area contributed by atoms with Gasteiger partial charge in [-0.25, -0.2) is 0 Å². The van der Waals surface area contributed by atoms with Crippen molar-refractivity contribution in [2.75, 3.05) is 26.3 Å². The second-order valence-corrected chi connectivity index (χ2v) is 3.81. The second-order valence-electron chi connectivity index (χ2n) is 2.40. The molecule has 0 heterocycles. The average Bonchev–Trinajstić information content (AvgIpc) is 2.23. The maximum atomic E-state index is 9.83. The molecule has 0 aromatic carbocycles. The Labute approximate surface area is 141 Å². The Morgan fingerprint density at radius 3 is 1.33 bits per heavy atom. The third-order valence-corrected chi connectivity index (χ3v) is 1.89. The molecule has 1 radical (unpaired) electrons. The molecular weight excluding hydrogens is 337 g/mol. The Bertz CT molecular complexity index is 185. The molecule has 12 heteroatoms. The van der Waals surface area contributed by atoms with Crippen molar-refractivity contribution in [3.8, 4) is 0 Å². The van der Waals surface area contributed by atoms with Crippen LogP contribution in [0.15, 0.2) is 0 Å². The van der Waals surface area contributed by atoms with Gasteiger partial charge in [0.15, 0.2) is 0 Å². The number of rotatable bonds is 8. The fourth-order valence-corrected chi connectivity index (χ4v) is 1.04. The van der Waals surface area contributed by atoms with Crippen LogP contribution in [0.3, 0.4) is 0 Å². The quantitative estimate of drug-likeness (QED) is 0.253. The van der Waals surface area contributed by atoms with Crippen molar-refractivity contribution in [1.82, 2.24) is 0 Å². The molecule has 0 bridgehead atoms. The minimum Gasteiger partial charge on any atom is -0.566 e. The van der Waals surface area contributed by atoms with E-state index in [4.69, 9.17) is 11.5 Å². The van der Waals surface area contributed by atoms with E-state index in [1.807, 2.05) is 0 Å². The molecule has 0 aromatic heterocycles. The molecule has 0 amide bonds. The first-order valence-electron chi connectivity index (χ1n) is 4.49. The first kappa shape index (κ1) is 27.8. The van der Waals surface area contributed by atoms with Crippen molar-refractivity contribution in [3.05, 3.63) is 0 Å². The Balaban J connectivity index is -0.000000143. The van der Waals surface area contributed by atoms with Crippen molar-refractivity contribution < 1.29 is 74.6 Å². The summed E-state index contributed by atoms with van der Waals surface area (Å²) in [4.78, 5) is 19.7. The number of nitrogens with two attached hydrogens (primary N) is 2. The molecule has 4 N–H and O–H groups in total. The predicted octanol–water partition coefficient (Wildman–Crippen LogP) is -4.26. The molecule has 0 saturated carbocycles. The summed E-state index contributed by atoms with van der Waals surface area (Å²) in [6, 6.07) is 0. The van der Waals surface area contributed by atoms with E-state index in [-0.39, 0.29) is 59.8 Å². The molecule has 0 spiro atoms. The maximum Gasteiger partial charge on any atom is 3.00 e. The number of unbranched alkanes of at least 4 members (excludes halogenated alkanes) is 1. The first-order chi connectivity index (χ1) is 7.54. The van der Waals surface area contributed by atoms with E-state index in [0.29, 0.717) is 25.9 Å². The number of hydrogen-bond acceptors (Lipinski definition) is 8. The van der Waals surface area contributed by atoms with Gasteiger partial charge < -0.3 is 21.3 Å². The van der Waals surface area contributed by atoms with Gasteiger partial charge in [0.25, 0.3) is 0 Å². The van der Waals surface area contributed by atoms with Crippen LogP contribution in [-0.2, 0) is 35.2 Å². The van der Waals surface area contributed by atoms with E-state index in [1.165, 1.54) is 0 Å². The molecule has 0 aromatic rings. The Morgan fingerprint density at radius 2 is 1.17 bits per heavy atom. The Morgan fingerprint density at radius 1 is 0.889 bits per heavy atom. The third-order valence-electron chi connectivity index (χ3n) is 1.10. The molecule has 0 aliphatic heterocycles. The molecule has 101 valence electrons. The minimum absolute atomic E-state index is 0. The van der Waals surface area contributed by atoms with Crippen LogP contribution in [0.5, 0.6) is 0 Å². The van der Waals surface area contributed by atoms with Crippen molar-refractivity contribution in [2.45, 2.75) is 12.8 Å². The summed E-state index contributed by atoms with van der Waals surface area (Å²) in [6.45, 7) is 1.33. The zero-order chi connectivity index (χ0) is 12.8. The summed E-state index contributed by atoms with van der Waals surface area (Å²) in [5.74, 6) is 0. The van der Waals surface area contributed by atoms with Gasteiger partial charge in [0.05, 0.1) is 0 Å². The molecule has 18 heavy (non-hydrogen) atoms. The molecular formula is C6H16FeN2NaO6P2+4. The maximum absolute atomic E-state index is 9.83. The zero-order valence-electron chi connectivity index (χ0n) is 10.1. The summed E-state index contributed by atoms with van der Waals surface area (Å²) >= 11 is 0. The van der Waals surface area contributed by atoms with Crippen molar-refractivity contribution in [1.29, 1.82) is 0 Å². The van der Waals surface area contributed by atoms with Crippen LogP contribution in [0.2, 0.25) is 0 Å². The van der Waals surface area contributed by atoms with E-state index in [9.17, 15) is 18.9 Å². The van der Waals surface area contributed by atoms with Crippen LogP contribution in [0.1, 0.15) is 12.8 Å². The van der Waals surface area contributed by atoms with E-state index in [1.54, 1.807) is 0 Å². The van der Waals surface area contributed by atoms with Gasteiger partial charge in [-0.15, -0.1) is 9.05 Å². The molecule has 0 aliphatic carbocycles. The molecule has 2 unspecified atom stereocenters. The SMILES string of the molecule is NCCN.O=[P+]([O-])OCCCCO[P+](=O)[O-].[Fe+3].[Na+]. The van der Waals surface area contributed by atoms with E-state index < -0.39 is 16.5 Å². The second kappa shape index (κ2) is 23.6. The van der Waals surface area contributed by atoms with Gasteiger partial charge >= 0.3 is 63.1 Å². The molecule has 0 rings (SSSR count). The fraction of sp³-hybridized carbons (Fsp3) is 1.00. The van der Waals surface area contributed by atoms with Gasteiger partial charge in [-0.1, -0.05) is 0 Å². The predicted molar refractivity (Wildman–Crippen MR) is 54.5 cm³/mol. The Kier molecular flexibility index (Phi) is 36.3. The summed E-state index contributed by atoms with van der Waals surface area (Å²) < 4.78 is 28.0. The van der Waals surface area contributed by atoms with Crippen molar-refractivity contribution in [2.24, 2.45) is 11.5 Å². The summed E-state index contributed by atoms with van der Waals surface area (Å²) in [6.07, 6.45) is 0.902. The van der Waals surface area contributed by atoms with Gasteiger partial charge in [-0.2, -0.15) is 0 Å². The third kappa shape index (κ3) is 36.0. The van der Waals surface area contributed by atoms with Gasteiger partial charge in [0, 0.05) is 13.1 Å². The van der Waals surface area contributed by atoms with Crippen LogP contribution in [0, 0.1) is 0 Å². The first-order valence-corrected chi connectivity index (χ1v) is 6.68. The normalized spacial score (nSPS) is 10.2. The topological polar surface area (TPSA) is 151 Å². The molecule has 2 atom stereocenters. The smallest absolute Gasteiger partial charge is 0.566 e. The van der Waals surface area contributed by atoms with E-state index >= 15 is 0 Å². The minimum atomic E-state index is -2.79. The van der Waals surface area contributed by atoms with Crippen LogP contribution in [0.4, 0.5) is 0 Å². The van der Waals surface area contributed by atoms with Crippen LogP contribution in [0.25, 0.3) is 0 Å². The molecule has 0 aliphatic rings. The molecule has 0 fully saturated rings. The average molecular weight is 353 g/mol. The van der Waals surface area contributed by atoms with Crippen LogP contribution < -0.4 is 50.8 Å². The fourth-order valence-electron chi connectivity index (χ4n) is 0.482. The van der Waals surface area contributed by atoms with Crippen LogP contribution >= 0.6 is 16.5 Å². The van der Waals surface area contributed by atoms with Gasteiger partial charge in [0.2, 0.25) is 0 Å². The largest absolute Gasteiger partial charge is 3.00 e. The summed E-state index contributed by atoms with van der Waals surface area (Å²) in [5.41, 5.74) is 9.81. The van der Waals surface area contributed by atoms with E-state index in [0.717, 1.165) is 0 Å². The van der Waals surface area contributed by atoms with Crippen LogP contribution in [-0.4, -0.2) is 26.3 Å². The molecule has 8 nitrogen and oxygen atoms in total. The summed E-state index contributed by atoms with van der Waals surface area (Å²) in [5, 5.41) is 0. The zero-order valence-corrected chi connectivity index (χ0v) is 15.0. The monoisotopic (exact) mass is 353 g/mol. The molecule has 0 saturated heterocycles. The van der Waals surface area contributed by atoms with Crippen molar-refractivity contribution >= 4 is 16.5 Å². The Hall–Kier alpha value is 1.48. The van der Waals surface area contributed by atoms with E-state index in [2.05, 4.69) is 9.05 Å². The van der Waals surface area contributed by atoms with Crippen molar-refractivity contribution in [3.63, 3.8) is 0 Å². The standard InChI is InChI=1S/C4H8O6P2.C2H8N2.Fe.Na/c5-11(6)9-3-1-2-4-10-12(7)8;3-1-2-4;;/h1-4H2;1-4H2;;/q;;+3;+1. The van der Waals surface area contributed by atoms with Gasteiger partial charge in [0.1, 0.15) is 13.2 Å². The van der Waals surface area contributed by atoms with Gasteiger partial charge in [-0.05, 0) is 22.0 Å². The van der Waals surface area contributed by atoms with Gasteiger partial charge in [-0.3, -0.25) is 0 Å². The number of hydrogen-bond donors (Lipinski definition) is 2.